The van der Waals surface area contributed by atoms with Crippen molar-refractivity contribution < 1.29 is 19.0 Å². The molecular formula is C26H30FN3O3. The fraction of sp³-hybridized carbons (Fsp3) is 0.423. The Morgan fingerprint density at radius 2 is 2.03 bits per heavy atom. The summed E-state index contributed by atoms with van der Waals surface area (Å²) < 4.78 is 19.7. The number of hydrogen-bond acceptors (Lipinski definition) is 5. The molecule has 33 heavy (non-hydrogen) atoms. The highest BCUT2D eigenvalue weighted by molar-refractivity contribution is 5.96. The summed E-state index contributed by atoms with van der Waals surface area (Å²) in [7, 11) is 3.88. The SMILES string of the molecule is Cc1cc2c(cc1F)NCC(C(=O)Nc1cc(O)c(C3CCCC3)cc1C#CCN(C)C)O2. The number of phenols is 1. The van der Waals surface area contributed by atoms with Crippen LogP contribution in [0.4, 0.5) is 15.8 Å². The monoisotopic (exact) mass is 451 g/mol. The second-order valence-corrected chi connectivity index (χ2v) is 9.05. The van der Waals surface area contributed by atoms with E-state index in [1.165, 1.54) is 6.07 Å². The van der Waals surface area contributed by atoms with Gasteiger partial charge in [0.2, 0.25) is 0 Å². The van der Waals surface area contributed by atoms with E-state index in [-0.39, 0.29) is 24.0 Å². The molecule has 2 aliphatic rings. The van der Waals surface area contributed by atoms with Crippen LogP contribution in [0.3, 0.4) is 0 Å². The highest BCUT2D eigenvalue weighted by Gasteiger charge is 2.28. The highest BCUT2D eigenvalue weighted by atomic mass is 19.1. The van der Waals surface area contributed by atoms with Gasteiger partial charge in [-0.1, -0.05) is 24.7 Å². The van der Waals surface area contributed by atoms with E-state index in [0.717, 1.165) is 31.2 Å². The Hall–Kier alpha value is -3.24. The van der Waals surface area contributed by atoms with Crippen LogP contribution in [0.2, 0.25) is 0 Å². The number of ether oxygens (including phenoxy) is 1. The van der Waals surface area contributed by atoms with Crippen LogP contribution in [-0.4, -0.2) is 49.2 Å². The van der Waals surface area contributed by atoms with E-state index in [9.17, 15) is 14.3 Å². The third-order valence-corrected chi connectivity index (χ3v) is 6.14. The van der Waals surface area contributed by atoms with Crippen LogP contribution in [0.5, 0.6) is 11.5 Å². The second kappa shape index (κ2) is 9.72. The third-order valence-electron chi connectivity index (χ3n) is 6.14. The van der Waals surface area contributed by atoms with E-state index in [0.29, 0.717) is 40.7 Å². The summed E-state index contributed by atoms with van der Waals surface area (Å²) in [4.78, 5) is 15.0. The summed E-state index contributed by atoms with van der Waals surface area (Å²) in [6.07, 6.45) is 3.60. The van der Waals surface area contributed by atoms with Gasteiger partial charge in [-0.2, -0.15) is 0 Å². The predicted molar refractivity (Wildman–Crippen MR) is 127 cm³/mol. The number of benzene rings is 2. The molecule has 1 amide bonds. The summed E-state index contributed by atoms with van der Waals surface area (Å²) in [6.45, 7) is 2.43. The van der Waals surface area contributed by atoms with Crippen molar-refractivity contribution in [3.8, 4) is 23.3 Å². The maximum absolute atomic E-state index is 13.8. The first kappa shape index (κ1) is 22.9. The largest absolute Gasteiger partial charge is 0.508 e. The van der Waals surface area contributed by atoms with Crippen LogP contribution in [0.1, 0.15) is 48.3 Å². The first-order chi connectivity index (χ1) is 15.8. The van der Waals surface area contributed by atoms with Gasteiger partial charge in [0.25, 0.3) is 5.91 Å². The molecule has 0 spiro atoms. The fourth-order valence-corrected chi connectivity index (χ4v) is 4.32. The Balaban J connectivity index is 1.57. The molecule has 7 heteroatoms. The van der Waals surface area contributed by atoms with Gasteiger partial charge in [0.15, 0.2) is 6.10 Å². The van der Waals surface area contributed by atoms with Crippen molar-refractivity contribution in [2.24, 2.45) is 0 Å². The highest BCUT2D eigenvalue weighted by Crippen LogP contribution is 2.40. The molecule has 6 nitrogen and oxygen atoms in total. The number of fused-ring (bicyclic) bond motifs is 1. The number of nitrogens with zero attached hydrogens (tertiary/aromatic N) is 1. The number of hydrogen-bond donors (Lipinski definition) is 3. The van der Waals surface area contributed by atoms with E-state index < -0.39 is 6.10 Å². The van der Waals surface area contributed by atoms with Gasteiger partial charge in [0, 0.05) is 17.7 Å². The van der Waals surface area contributed by atoms with Crippen molar-refractivity contribution in [3.63, 3.8) is 0 Å². The number of amides is 1. The lowest BCUT2D eigenvalue weighted by atomic mass is 9.94. The van der Waals surface area contributed by atoms with Crippen molar-refractivity contribution in [3.05, 3.63) is 46.8 Å². The molecule has 3 N–H and O–H groups in total. The first-order valence-corrected chi connectivity index (χ1v) is 11.3. The van der Waals surface area contributed by atoms with Gasteiger partial charge in [-0.3, -0.25) is 9.69 Å². The van der Waals surface area contributed by atoms with E-state index in [4.69, 9.17) is 4.74 Å². The van der Waals surface area contributed by atoms with Crippen LogP contribution < -0.4 is 15.4 Å². The Morgan fingerprint density at radius 3 is 2.76 bits per heavy atom. The molecule has 0 bridgehead atoms. The molecule has 1 heterocycles. The Labute approximate surface area is 194 Å². The topological polar surface area (TPSA) is 73.8 Å². The summed E-state index contributed by atoms with van der Waals surface area (Å²) in [5.41, 5.74) is 2.99. The predicted octanol–water partition coefficient (Wildman–Crippen LogP) is 4.22. The fourth-order valence-electron chi connectivity index (χ4n) is 4.32. The van der Waals surface area contributed by atoms with Gasteiger partial charge >= 0.3 is 0 Å². The van der Waals surface area contributed by atoms with Crippen LogP contribution >= 0.6 is 0 Å². The van der Waals surface area contributed by atoms with E-state index in [1.807, 2.05) is 25.1 Å². The number of carbonyl (C=O) groups is 1. The number of rotatable bonds is 4. The van der Waals surface area contributed by atoms with Crippen molar-refractivity contribution in [2.45, 2.75) is 44.6 Å². The first-order valence-electron chi connectivity index (χ1n) is 11.3. The second-order valence-electron chi connectivity index (χ2n) is 9.05. The quantitative estimate of drug-likeness (QED) is 0.607. The summed E-state index contributed by atoms with van der Waals surface area (Å²) in [5, 5.41) is 16.7. The van der Waals surface area contributed by atoms with Crippen LogP contribution in [-0.2, 0) is 4.79 Å². The number of aromatic hydroxyl groups is 1. The van der Waals surface area contributed by atoms with Crippen LogP contribution in [0.25, 0.3) is 0 Å². The molecule has 174 valence electrons. The number of phenolic OH excluding ortho intramolecular Hbond substituents is 1. The zero-order chi connectivity index (χ0) is 23.5. The Kier molecular flexibility index (Phi) is 6.75. The minimum absolute atomic E-state index is 0.175. The third kappa shape index (κ3) is 5.23. The molecule has 0 aromatic heterocycles. The molecule has 2 aromatic carbocycles. The maximum atomic E-state index is 13.8. The lowest BCUT2D eigenvalue weighted by molar-refractivity contribution is -0.122. The van der Waals surface area contributed by atoms with E-state index in [2.05, 4.69) is 22.5 Å². The average molecular weight is 452 g/mol. The summed E-state index contributed by atoms with van der Waals surface area (Å²) >= 11 is 0. The number of nitrogens with one attached hydrogen (secondary N) is 2. The molecule has 1 aliphatic carbocycles. The van der Waals surface area contributed by atoms with Crippen molar-refractivity contribution in [2.75, 3.05) is 37.8 Å². The van der Waals surface area contributed by atoms with E-state index in [1.54, 1.807) is 19.1 Å². The summed E-state index contributed by atoms with van der Waals surface area (Å²) in [5.74, 6) is 6.51. The molecule has 1 unspecified atom stereocenters. The molecule has 1 atom stereocenters. The lowest BCUT2D eigenvalue weighted by Crippen LogP contribution is -2.41. The van der Waals surface area contributed by atoms with Crippen molar-refractivity contribution in [1.82, 2.24) is 4.90 Å². The standard InChI is InChI=1S/C26H30FN3O3/c1-16-11-24-22(13-20(16)27)28-15-25(33-24)26(32)29-21-14-23(31)19(17-7-4-5-8-17)12-18(21)9-6-10-30(2)3/h11-14,17,25,28,31H,4-5,7-8,10,15H2,1-3H3,(H,29,32). The number of halogens is 1. The molecule has 1 saturated carbocycles. The van der Waals surface area contributed by atoms with Gasteiger partial charge in [-0.25, -0.2) is 4.39 Å². The molecule has 2 aromatic rings. The smallest absolute Gasteiger partial charge is 0.267 e. The zero-order valence-electron chi connectivity index (χ0n) is 19.3. The van der Waals surface area contributed by atoms with Gasteiger partial charge in [0.05, 0.1) is 24.5 Å². The van der Waals surface area contributed by atoms with Crippen molar-refractivity contribution >= 4 is 17.3 Å². The van der Waals surface area contributed by atoms with E-state index >= 15 is 0 Å². The number of anilines is 2. The number of aryl methyl sites for hydroxylation is 1. The Bertz CT molecular complexity index is 1110. The Morgan fingerprint density at radius 1 is 1.27 bits per heavy atom. The molecule has 0 saturated heterocycles. The molecule has 4 rings (SSSR count). The van der Waals surface area contributed by atoms with Gasteiger partial charge in [0.1, 0.15) is 17.3 Å². The minimum Gasteiger partial charge on any atom is -0.508 e. The van der Waals surface area contributed by atoms with Crippen molar-refractivity contribution in [1.29, 1.82) is 0 Å². The number of carbonyl (C=O) groups excluding carboxylic acids is 1. The van der Waals surface area contributed by atoms with Gasteiger partial charge in [-0.15, -0.1) is 0 Å². The normalized spacial score (nSPS) is 17.5. The van der Waals surface area contributed by atoms with Gasteiger partial charge < -0.3 is 20.5 Å². The zero-order valence-corrected chi connectivity index (χ0v) is 19.3. The summed E-state index contributed by atoms with van der Waals surface area (Å²) in [6, 6.07) is 6.45. The molecule has 0 radical (unpaired) electrons. The van der Waals surface area contributed by atoms with Gasteiger partial charge in [-0.05, 0) is 63.0 Å². The average Bonchev–Trinajstić information content (AvgIpc) is 3.30. The molecular weight excluding hydrogens is 421 g/mol. The minimum atomic E-state index is -0.804. The van der Waals surface area contributed by atoms with Crippen LogP contribution in [0, 0.1) is 24.6 Å². The lowest BCUT2D eigenvalue weighted by Gasteiger charge is -2.27. The molecule has 1 aliphatic heterocycles. The maximum Gasteiger partial charge on any atom is 0.267 e. The van der Waals surface area contributed by atoms with Crippen LogP contribution in [0.15, 0.2) is 24.3 Å². The molecule has 1 fully saturated rings.